The van der Waals surface area contributed by atoms with E-state index in [0.717, 1.165) is 18.5 Å². The number of nitrogens with zero attached hydrogens (tertiary/aromatic N) is 2. The Labute approximate surface area is 109 Å². The molecular formula is C15H23N3. The van der Waals surface area contributed by atoms with Crippen LogP contribution in [0.3, 0.4) is 0 Å². The lowest BCUT2D eigenvalue weighted by atomic mass is 10.1. The lowest BCUT2D eigenvalue weighted by Gasteiger charge is -2.22. The van der Waals surface area contributed by atoms with Gasteiger partial charge in [0.2, 0.25) is 0 Å². The van der Waals surface area contributed by atoms with E-state index in [9.17, 15) is 0 Å². The zero-order chi connectivity index (χ0) is 13.2. The topological polar surface area (TPSA) is 29.9 Å². The number of aromatic nitrogens is 2. The Hall–Kier alpha value is -1.35. The molecule has 2 aromatic rings. The molecule has 2 rings (SSSR count). The number of imidazole rings is 1. The fraction of sp³-hybridized carbons (Fsp3) is 0.533. The lowest BCUT2D eigenvalue weighted by molar-refractivity contribution is 0.394. The summed E-state index contributed by atoms with van der Waals surface area (Å²) < 4.78 is 2.26. The molecule has 0 saturated carbocycles. The van der Waals surface area contributed by atoms with Gasteiger partial charge in [0.15, 0.2) is 0 Å². The molecule has 18 heavy (non-hydrogen) atoms. The Kier molecular flexibility index (Phi) is 3.71. The molecule has 98 valence electrons. The van der Waals surface area contributed by atoms with Crippen molar-refractivity contribution in [1.29, 1.82) is 0 Å². The van der Waals surface area contributed by atoms with Gasteiger partial charge in [-0.3, -0.25) is 0 Å². The normalized spacial score (nSPS) is 14.0. The number of fused-ring (bicyclic) bond motifs is 1. The fourth-order valence-electron chi connectivity index (χ4n) is 2.12. The van der Waals surface area contributed by atoms with E-state index in [1.807, 2.05) is 12.4 Å². The molecule has 0 saturated heterocycles. The van der Waals surface area contributed by atoms with Crippen LogP contribution >= 0.6 is 0 Å². The smallest absolute Gasteiger partial charge is 0.0960 e. The summed E-state index contributed by atoms with van der Waals surface area (Å²) in [6.07, 6.45) is 3.06. The van der Waals surface area contributed by atoms with Gasteiger partial charge in [-0.25, -0.2) is 4.98 Å². The second kappa shape index (κ2) is 5.11. The van der Waals surface area contributed by atoms with E-state index in [-0.39, 0.29) is 5.54 Å². The van der Waals surface area contributed by atoms with Crippen LogP contribution in [0.25, 0.3) is 11.0 Å². The minimum atomic E-state index is 0.191. The van der Waals surface area contributed by atoms with Gasteiger partial charge >= 0.3 is 0 Å². The summed E-state index contributed by atoms with van der Waals surface area (Å²) >= 11 is 0. The summed E-state index contributed by atoms with van der Waals surface area (Å²) in [5.74, 6) is 0. The van der Waals surface area contributed by atoms with Gasteiger partial charge in [0, 0.05) is 11.6 Å². The van der Waals surface area contributed by atoms with Gasteiger partial charge in [0.25, 0.3) is 0 Å². The lowest BCUT2D eigenvalue weighted by Crippen LogP contribution is -2.37. The molecule has 0 spiro atoms. The van der Waals surface area contributed by atoms with Crippen LogP contribution in [0, 0.1) is 0 Å². The third-order valence-corrected chi connectivity index (χ3v) is 3.17. The van der Waals surface area contributed by atoms with Crippen molar-refractivity contribution in [3.8, 4) is 0 Å². The Bertz CT molecular complexity index is 508. The summed E-state index contributed by atoms with van der Waals surface area (Å²) in [5.41, 5.74) is 2.49. The molecule has 1 N–H and O–H groups in total. The minimum Gasteiger partial charge on any atom is -0.328 e. The van der Waals surface area contributed by atoms with Crippen LogP contribution in [0.15, 0.2) is 30.6 Å². The highest BCUT2D eigenvalue weighted by Gasteiger charge is 2.11. The second-order valence-corrected chi connectivity index (χ2v) is 5.96. The fourth-order valence-corrected chi connectivity index (χ4v) is 2.12. The monoisotopic (exact) mass is 245 g/mol. The highest BCUT2D eigenvalue weighted by molar-refractivity contribution is 5.75. The molecule has 1 heterocycles. The number of benzene rings is 1. The number of hydrogen-bond acceptors (Lipinski definition) is 2. The number of nitrogens with one attached hydrogen (secondary N) is 1. The summed E-state index contributed by atoms with van der Waals surface area (Å²) in [7, 11) is 0. The van der Waals surface area contributed by atoms with Crippen molar-refractivity contribution in [3.63, 3.8) is 0 Å². The largest absolute Gasteiger partial charge is 0.328 e. The van der Waals surface area contributed by atoms with Crippen molar-refractivity contribution in [2.45, 2.75) is 45.7 Å². The Balaban J connectivity index is 2.03. The van der Waals surface area contributed by atoms with Crippen molar-refractivity contribution in [2.24, 2.45) is 0 Å². The molecule has 3 heteroatoms. The Morgan fingerprint density at radius 3 is 2.72 bits per heavy atom. The molecule has 1 atom stereocenters. The van der Waals surface area contributed by atoms with Gasteiger partial charge in [-0.15, -0.1) is 0 Å². The van der Waals surface area contributed by atoms with Crippen molar-refractivity contribution in [2.75, 3.05) is 6.54 Å². The first-order valence-electron chi connectivity index (χ1n) is 6.64. The maximum absolute atomic E-state index is 4.44. The third-order valence-electron chi connectivity index (χ3n) is 3.17. The van der Waals surface area contributed by atoms with Crippen LogP contribution in [0.2, 0.25) is 0 Å². The maximum Gasteiger partial charge on any atom is 0.0960 e. The molecular weight excluding hydrogens is 222 g/mol. The SMILES string of the molecule is CC(CCNC(C)(C)C)n1cnc2ccccc21. The maximum atomic E-state index is 4.44. The van der Waals surface area contributed by atoms with E-state index < -0.39 is 0 Å². The molecule has 0 bridgehead atoms. The van der Waals surface area contributed by atoms with Gasteiger partial charge in [0.1, 0.15) is 0 Å². The highest BCUT2D eigenvalue weighted by Crippen LogP contribution is 2.19. The van der Waals surface area contributed by atoms with Gasteiger partial charge in [0.05, 0.1) is 17.4 Å². The van der Waals surface area contributed by atoms with Crippen LogP contribution < -0.4 is 5.32 Å². The van der Waals surface area contributed by atoms with E-state index in [4.69, 9.17) is 0 Å². The van der Waals surface area contributed by atoms with E-state index in [1.54, 1.807) is 0 Å². The standard InChI is InChI=1S/C15H23N3/c1-12(9-10-17-15(2,3)4)18-11-16-13-7-5-6-8-14(13)18/h5-8,11-12,17H,9-10H2,1-4H3. The average molecular weight is 245 g/mol. The van der Waals surface area contributed by atoms with Crippen LogP contribution in [0.4, 0.5) is 0 Å². The number of para-hydroxylation sites is 2. The van der Waals surface area contributed by atoms with Crippen molar-refractivity contribution >= 4 is 11.0 Å². The van der Waals surface area contributed by atoms with Gasteiger partial charge in [-0.2, -0.15) is 0 Å². The van der Waals surface area contributed by atoms with Gasteiger partial charge in [-0.05, 0) is 52.8 Å². The molecule has 0 aliphatic rings. The van der Waals surface area contributed by atoms with Crippen LogP contribution in [-0.2, 0) is 0 Å². The van der Waals surface area contributed by atoms with Gasteiger partial charge in [-0.1, -0.05) is 12.1 Å². The molecule has 0 fully saturated rings. The predicted molar refractivity (Wildman–Crippen MR) is 76.8 cm³/mol. The molecule has 0 aliphatic carbocycles. The number of hydrogen-bond donors (Lipinski definition) is 1. The molecule has 3 nitrogen and oxygen atoms in total. The van der Waals surface area contributed by atoms with Crippen LogP contribution in [0.5, 0.6) is 0 Å². The first-order valence-corrected chi connectivity index (χ1v) is 6.64. The zero-order valence-corrected chi connectivity index (χ0v) is 11.8. The summed E-state index contributed by atoms with van der Waals surface area (Å²) in [5, 5.41) is 3.53. The molecule has 1 aromatic carbocycles. The van der Waals surface area contributed by atoms with Crippen molar-refractivity contribution < 1.29 is 0 Å². The predicted octanol–water partition coefficient (Wildman–Crippen LogP) is 3.38. The molecule has 1 unspecified atom stereocenters. The molecule has 0 aliphatic heterocycles. The van der Waals surface area contributed by atoms with Gasteiger partial charge < -0.3 is 9.88 Å². The van der Waals surface area contributed by atoms with Crippen molar-refractivity contribution in [1.82, 2.24) is 14.9 Å². The second-order valence-electron chi connectivity index (χ2n) is 5.96. The van der Waals surface area contributed by atoms with Crippen LogP contribution in [0.1, 0.15) is 40.2 Å². The number of rotatable bonds is 4. The molecule has 1 aromatic heterocycles. The van der Waals surface area contributed by atoms with E-state index in [2.05, 4.69) is 60.8 Å². The minimum absolute atomic E-state index is 0.191. The zero-order valence-electron chi connectivity index (χ0n) is 11.8. The van der Waals surface area contributed by atoms with E-state index in [1.165, 1.54) is 5.52 Å². The van der Waals surface area contributed by atoms with Crippen molar-refractivity contribution in [3.05, 3.63) is 30.6 Å². The average Bonchev–Trinajstić information content (AvgIpc) is 2.70. The Morgan fingerprint density at radius 2 is 2.00 bits per heavy atom. The summed E-state index contributed by atoms with van der Waals surface area (Å²) in [6, 6.07) is 8.76. The first kappa shape index (κ1) is 13.1. The van der Waals surface area contributed by atoms with E-state index >= 15 is 0 Å². The Morgan fingerprint density at radius 1 is 1.28 bits per heavy atom. The van der Waals surface area contributed by atoms with E-state index in [0.29, 0.717) is 6.04 Å². The third kappa shape index (κ3) is 3.10. The quantitative estimate of drug-likeness (QED) is 0.895. The molecule has 0 amide bonds. The first-order chi connectivity index (χ1) is 8.47. The van der Waals surface area contributed by atoms with Crippen LogP contribution in [-0.4, -0.2) is 21.6 Å². The summed E-state index contributed by atoms with van der Waals surface area (Å²) in [4.78, 5) is 4.44. The summed E-state index contributed by atoms with van der Waals surface area (Å²) in [6.45, 7) is 9.87. The molecule has 0 radical (unpaired) electrons. The highest BCUT2D eigenvalue weighted by atomic mass is 15.1.